The van der Waals surface area contributed by atoms with Gasteiger partial charge in [-0.1, -0.05) is 6.07 Å². The van der Waals surface area contributed by atoms with E-state index in [-0.39, 0.29) is 34.4 Å². The van der Waals surface area contributed by atoms with Gasteiger partial charge in [-0.3, -0.25) is 5.10 Å². The molecule has 3 heterocycles. The number of hydrogen-bond acceptors (Lipinski definition) is 7. The van der Waals surface area contributed by atoms with Crippen LogP contribution >= 0.6 is 0 Å². The molecule has 0 atom stereocenters. The molecule has 1 saturated heterocycles. The Bertz CT molecular complexity index is 1120. The van der Waals surface area contributed by atoms with Crippen LogP contribution in [0.2, 0.25) is 0 Å². The number of hydrogen-bond donors (Lipinski definition) is 3. The summed E-state index contributed by atoms with van der Waals surface area (Å²) in [6.45, 7) is 8.56. The third-order valence-electron chi connectivity index (χ3n) is 5.42. The zero-order valence-corrected chi connectivity index (χ0v) is 18.1. The van der Waals surface area contributed by atoms with Crippen LogP contribution in [0, 0.1) is 11.3 Å². The topological polar surface area (TPSA) is 120 Å². The first-order chi connectivity index (χ1) is 14.7. The van der Waals surface area contributed by atoms with Crippen LogP contribution in [0.25, 0.3) is 22.4 Å². The number of nitriles is 1. The predicted octanol–water partition coefficient (Wildman–Crippen LogP) is 3.80. The Morgan fingerprint density at radius 1 is 1.10 bits per heavy atom. The van der Waals surface area contributed by atoms with Gasteiger partial charge in [0.2, 0.25) is 0 Å². The summed E-state index contributed by atoms with van der Waals surface area (Å²) < 4.78 is 6.13. The summed E-state index contributed by atoms with van der Waals surface area (Å²) in [5, 5.41) is 38.9. The smallest absolute Gasteiger partial charge is 0.251 e. The highest BCUT2D eigenvalue weighted by Gasteiger charge is 2.39. The number of phenolic OH excluding ortho intramolecular Hbond substituents is 1. The fourth-order valence-electron chi connectivity index (χ4n) is 4.49. The maximum atomic E-state index is 10.5. The quantitative estimate of drug-likeness (QED) is 0.589. The zero-order chi connectivity index (χ0) is 22.2. The number of aromatic amines is 1. The number of aromatic hydroxyl groups is 1. The van der Waals surface area contributed by atoms with Crippen LogP contribution < -0.4 is 10.1 Å². The van der Waals surface area contributed by atoms with Gasteiger partial charge in [0, 0.05) is 41.2 Å². The lowest BCUT2D eigenvalue weighted by molar-refractivity contribution is 0.0522. The molecule has 0 unspecified atom stereocenters. The van der Waals surface area contributed by atoms with Gasteiger partial charge >= 0.3 is 0 Å². The summed E-state index contributed by atoms with van der Waals surface area (Å²) in [6, 6.07) is 9.00. The highest BCUT2D eigenvalue weighted by Crippen LogP contribution is 2.35. The average molecular weight is 419 g/mol. The number of piperidine rings is 1. The molecule has 0 aliphatic carbocycles. The first-order valence-electron chi connectivity index (χ1n) is 10.2. The molecule has 1 aliphatic heterocycles. The number of nitrogens with one attached hydrogen (secondary N) is 2. The first kappa shape index (κ1) is 20.8. The number of nitrogens with zero attached hydrogens (tertiary/aromatic N) is 4. The largest absolute Gasteiger partial charge is 0.507 e. The van der Waals surface area contributed by atoms with E-state index in [1.54, 1.807) is 30.6 Å². The second-order valence-corrected chi connectivity index (χ2v) is 9.32. The van der Waals surface area contributed by atoms with Crippen LogP contribution in [-0.4, -0.2) is 42.7 Å². The summed E-state index contributed by atoms with van der Waals surface area (Å²) in [4.78, 5) is 0. The number of benzene rings is 1. The predicted molar refractivity (Wildman–Crippen MR) is 116 cm³/mol. The molecule has 1 aliphatic rings. The number of ether oxygens (including phenoxy) is 1. The molecule has 0 radical (unpaired) electrons. The van der Waals surface area contributed by atoms with Crippen molar-refractivity contribution in [3.63, 3.8) is 0 Å². The Hall–Kier alpha value is -3.44. The van der Waals surface area contributed by atoms with Gasteiger partial charge in [0.25, 0.3) is 5.88 Å². The second-order valence-electron chi connectivity index (χ2n) is 9.32. The molecule has 8 heteroatoms. The Morgan fingerprint density at radius 2 is 1.84 bits per heavy atom. The zero-order valence-electron chi connectivity index (χ0n) is 18.1. The summed E-state index contributed by atoms with van der Waals surface area (Å²) in [7, 11) is 0. The van der Waals surface area contributed by atoms with E-state index in [4.69, 9.17) is 4.74 Å². The standard InChI is InChI=1S/C23H26N6O2/c1-22(2)9-17(10-23(3,4)29-22)31-21-15(11-24)7-19(27-28-21)18-6-5-14(8-20(18)30)16-12-25-26-13-16/h5-8,12-13,17,29-30H,9-10H2,1-4H3,(H,25,26). The lowest BCUT2D eigenvalue weighted by Gasteiger charge is -2.46. The average Bonchev–Trinajstić information content (AvgIpc) is 3.20. The SMILES string of the molecule is CC1(C)CC(Oc2nnc(-c3ccc(-c4cn[nH]c4)cc3O)cc2C#N)CC(C)(C)N1. The van der Waals surface area contributed by atoms with E-state index in [9.17, 15) is 10.4 Å². The van der Waals surface area contributed by atoms with E-state index in [0.29, 0.717) is 11.3 Å². The summed E-state index contributed by atoms with van der Waals surface area (Å²) in [5.41, 5.74) is 2.70. The van der Waals surface area contributed by atoms with Gasteiger partial charge in [-0.2, -0.15) is 10.4 Å². The van der Waals surface area contributed by atoms with Gasteiger partial charge in [0.05, 0.1) is 11.9 Å². The van der Waals surface area contributed by atoms with Crippen LogP contribution in [0.5, 0.6) is 11.6 Å². The van der Waals surface area contributed by atoms with Crippen LogP contribution in [0.1, 0.15) is 46.1 Å². The van der Waals surface area contributed by atoms with Crippen molar-refractivity contribution in [2.45, 2.75) is 57.7 Å². The van der Waals surface area contributed by atoms with Crippen LogP contribution in [0.4, 0.5) is 0 Å². The first-order valence-corrected chi connectivity index (χ1v) is 10.2. The molecular weight excluding hydrogens is 392 g/mol. The fraction of sp³-hybridized carbons (Fsp3) is 0.391. The molecule has 0 bridgehead atoms. The van der Waals surface area contributed by atoms with Gasteiger partial charge in [-0.05, 0) is 51.5 Å². The van der Waals surface area contributed by atoms with E-state index in [1.807, 2.05) is 6.07 Å². The molecule has 0 saturated carbocycles. The fourth-order valence-corrected chi connectivity index (χ4v) is 4.49. The van der Waals surface area contributed by atoms with Crippen LogP contribution in [0.3, 0.4) is 0 Å². The third-order valence-corrected chi connectivity index (χ3v) is 5.42. The van der Waals surface area contributed by atoms with Crippen molar-refractivity contribution in [3.8, 4) is 40.1 Å². The van der Waals surface area contributed by atoms with E-state index >= 15 is 0 Å². The molecule has 4 rings (SSSR count). The Morgan fingerprint density at radius 3 is 2.45 bits per heavy atom. The van der Waals surface area contributed by atoms with Gasteiger partial charge in [-0.25, -0.2) is 0 Å². The van der Waals surface area contributed by atoms with Crippen LogP contribution in [-0.2, 0) is 0 Å². The Balaban J connectivity index is 1.60. The highest BCUT2D eigenvalue weighted by atomic mass is 16.5. The minimum atomic E-state index is -0.0882. The number of rotatable bonds is 4. The molecule has 8 nitrogen and oxygen atoms in total. The maximum absolute atomic E-state index is 10.5. The lowest BCUT2D eigenvalue weighted by atomic mass is 9.81. The van der Waals surface area contributed by atoms with Crippen molar-refractivity contribution in [2.75, 3.05) is 0 Å². The van der Waals surface area contributed by atoms with Crippen molar-refractivity contribution in [2.24, 2.45) is 0 Å². The van der Waals surface area contributed by atoms with E-state index in [0.717, 1.165) is 24.0 Å². The van der Waals surface area contributed by atoms with Crippen molar-refractivity contribution < 1.29 is 9.84 Å². The number of phenols is 1. The summed E-state index contributed by atoms with van der Waals surface area (Å²) in [5.74, 6) is 0.270. The summed E-state index contributed by atoms with van der Waals surface area (Å²) in [6.07, 6.45) is 4.93. The van der Waals surface area contributed by atoms with Crippen molar-refractivity contribution in [3.05, 3.63) is 42.2 Å². The van der Waals surface area contributed by atoms with Crippen LogP contribution in [0.15, 0.2) is 36.7 Å². The minimum absolute atomic E-state index is 0.0485. The number of aromatic nitrogens is 4. The number of H-pyrrole nitrogens is 1. The normalized spacial score (nSPS) is 17.8. The highest BCUT2D eigenvalue weighted by molar-refractivity contribution is 5.74. The molecule has 1 aromatic carbocycles. The second kappa shape index (κ2) is 7.67. The van der Waals surface area contributed by atoms with Crippen molar-refractivity contribution >= 4 is 0 Å². The molecule has 2 aromatic heterocycles. The van der Waals surface area contributed by atoms with Gasteiger partial charge < -0.3 is 15.2 Å². The molecule has 3 aromatic rings. The van der Waals surface area contributed by atoms with Crippen molar-refractivity contribution in [1.82, 2.24) is 25.7 Å². The van der Waals surface area contributed by atoms with E-state index in [1.165, 1.54) is 0 Å². The lowest BCUT2D eigenvalue weighted by Crippen LogP contribution is -2.60. The molecule has 0 amide bonds. The van der Waals surface area contributed by atoms with E-state index < -0.39 is 0 Å². The van der Waals surface area contributed by atoms with Gasteiger partial charge in [-0.15, -0.1) is 10.2 Å². The van der Waals surface area contributed by atoms with Gasteiger partial charge in [0.1, 0.15) is 23.5 Å². The Kier molecular flexibility index (Phi) is 5.15. The summed E-state index contributed by atoms with van der Waals surface area (Å²) >= 11 is 0. The molecule has 1 fully saturated rings. The molecular formula is C23H26N6O2. The minimum Gasteiger partial charge on any atom is -0.507 e. The maximum Gasteiger partial charge on any atom is 0.251 e. The molecule has 3 N–H and O–H groups in total. The third kappa shape index (κ3) is 4.52. The molecule has 31 heavy (non-hydrogen) atoms. The molecule has 0 spiro atoms. The monoisotopic (exact) mass is 418 g/mol. The van der Waals surface area contributed by atoms with Gasteiger partial charge in [0.15, 0.2) is 0 Å². The molecule has 160 valence electrons. The van der Waals surface area contributed by atoms with E-state index in [2.05, 4.69) is 59.5 Å². The Labute approximate surface area is 181 Å². The van der Waals surface area contributed by atoms with Crippen molar-refractivity contribution in [1.29, 1.82) is 5.26 Å².